The van der Waals surface area contributed by atoms with Gasteiger partial charge in [-0.25, -0.2) is 4.79 Å². The van der Waals surface area contributed by atoms with Gasteiger partial charge in [0.1, 0.15) is 5.70 Å². The predicted molar refractivity (Wildman–Crippen MR) is 111 cm³/mol. The number of nitrogens with one attached hydrogen (secondary N) is 1. The summed E-state index contributed by atoms with van der Waals surface area (Å²) in [4.78, 5) is 42.2. The Morgan fingerprint density at radius 2 is 2.10 bits per heavy atom. The molecule has 1 unspecified atom stereocenters. The molecule has 168 valence electrons. The van der Waals surface area contributed by atoms with Crippen molar-refractivity contribution in [3.8, 4) is 0 Å². The maximum absolute atomic E-state index is 13.0. The molecule has 6 atom stereocenters. The number of aliphatic carboxylic acids is 1. The monoisotopic (exact) mass is 450 g/mol. The maximum atomic E-state index is 13.0. The molecular weight excluding hydrogens is 424 g/mol. The van der Waals surface area contributed by atoms with E-state index < -0.39 is 17.9 Å². The van der Waals surface area contributed by atoms with Crippen LogP contribution in [0.5, 0.6) is 0 Å². The van der Waals surface area contributed by atoms with E-state index in [1.165, 1.54) is 21.5 Å². The number of hydrogen-bond acceptors (Lipinski definition) is 9. The Bertz CT molecular complexity index is 962. The molecule has 0 spiro atoms. The number of likely N-dealkylation sites (N-methyl/N-ethyl adjacent to an activating group) is 1. The molecule has 4 heterocycles. The molecule has 13 heteroatoms. The first-order chi connectivity index (χ1) is 14.6. The summed E-state index contributed by atoms with van der Waals surface area (Å²) in [6.45, 7) is 4.34. The summed E-state index contributed by atoms with van der Waals surface area (Å²) < 4.78 is 0. The van der Waals surface area contributed by atoms with E-state index in [0.29, 0.717) is 17.9 Å². The molecule has 1 aromatic rings. The summed E-state index contributed by atoms with van der Waals surface area (Å²) in [6, 6.07) is -0.985. The Kier molecular flexibility index (Phi) is 5.41. The summed E-state index contributed by atoms with van der Waals surface area (Å²) in [6.07, 6.45) is 0.603. The van der Waals surface area contributed by atoms with Crippen LogP contribution in [0, 0.1) is 11.8 Å². The SMILES string of the molecule is CC([C@H]1C(=O)N2C(C(=O)O)=C(S[C@@H]3CN[C@H](C(=O)N(C)C)C3)[C@H](C)[C@H]12)n1nnc(N)n1. The molecule has 2 saturated heterocycles. The minimum absolute atomic E-state index is 0.00231. The van der Waals surface area contributed by atoms with Crippen molar-refractivity contribution in [2.75, 3.05) is 26.4 Å². The van der Waals surface area contributed by atoms with Gasteiger partial charge in [0.2, 0.25) is 11.8 Å². The predicted octanol–water partition coefficient (Wildman–Crippen LogP) is -0.859. The average Bonchev–Trinajstić information content (AvgIpc) is 3.40. The van der Waals surface area contributed by atoms with Gasteiger partial charge in [0.05, 0.1) is 24.0 Å². The van der Waals surface area contributed by atoms with Crippen LogP contribution in [0.3, 0.4) is 0 Å². The van der Waals surface area contributed by atoms with Gasteiger partial charge in [0.25, 0.3) is 5.95 Å². The number of nitrogens with zero attached hydrogens (tertiary/aromatic N) is 6. The molecule has 12 nitrogen and oxygen atoms in total. The molecule has 2 fully saturated rings. The van der Waals surface area contributed by atoms with E-state index in [1.807, 2.05) is 6.92 Å². The minimum atomic E-state index is -1.12. The molecule has 3 aliphatic rings. The molecule has 0 aromatic carbocycles. The van der Waals surface area contributed by atoms with Crippen LogP contribution in [0.1, 0.15) is 26.3 Å². The first-order valence-electron chi connectivity index (χ1n) is 10.1. The number of carboxylic acid groups (broad SMARTS) is 1. The second kappa shape index (κ2) is 7.79. The Hall–Kier alpha value is -2.67. The number of anilines is 1. The third-order valence-electron chi connectivity index (χ3n) is 6.24. The van der Waals surface area contributed by atoms with Gasteiger partial charge < -0.3 is 26.0 Å². The lowest BCUT2D eigenvalue weighted by molar-refractivity contribution is -0.159. The molecular formula is C18H26N8O4S. The van der Waals surface area contributed by atoms with Gasteiger partial charge in [-0.05, 0) is 18.6 Å². The van der Waals surface area contributed by atoms with Crippen LogP contribution >= 0.6 is 11.8 Å². The van der Waals surface area contributed by atoms with E-state index in [9.17, 15) is 19.5 Å². The average molecular weight is 451 g/mol. The van der Waals surface area contributed by atoms with Crippen molar-refractivity contribution in [2.45, 2.75) is 43.6 Å². The van der Waals surface area contributed by atoms with Gasteiger partial charge in [-0.15, -0.1) is 16.9 Å². The molecule has 0 radical (unpaired) electrons. The van der Waals surface area contributed by atoms with Gasteiger partial charge in [-0.2, -0.15) is 4.80 Å². The largest absolute Gasteiger partial charge is 0.477 e. The number of aromatic nitrogens is 4. The smallest absolute Gasteiger partial charge is 0.353 e. The van der Waals surface area contributed by atoms with Crippen LogP contribution in [-0.4, -0.2) is 90.9 Å². The van der Waals surface area contributed by atoms with Crippen LogP contribution < -0.4 is 11.1 Å². The standard InChI is InChI=1S/C18H26N8O4S/c1-7-12-11(8(2)26-22-18(19)21-23-26)16(28)25(12)13(17(29)30)14(7)31-9-5-10(20-6-9)15(27)24(3)4/h7-12,20H,5-6H2,1-4H3,(H2,19,22)(H,29,30)/t7-,8?,9+,10+,11-,12-/m1/s1. The summed E-state index contributed by atoms with van der Waals surface area (Å²) >= 11 is 1.46. The van der Waals surface area contributed by atoms with Gasteiger partial charge in [0.15, 0.2) is 0 Å². The van der Waals surface area contributed by atoms with Crippen molar-refractivity contribution >= 4 is 35.5 Å². The van der Waals surface area contributed by atoms with Crippen LogP contribution in [0.15, 0.2) is 10.6 Å². The van der Waals surface area contributed by atoms with Gasteiger partial charge in [0, 0.05) is 36.7 Å². The van der Waals surface area contributed by atoms with Crippen molar-refractivity contribution in [3.63, 3.8) is 0 Å². The number of amides is 2. The second-order valence-electron chi connectivity index (χ2n) is 8.41. The van der Waals surface area contributed by atoms with E-state index in [2.05, 4.69) is 20.7 Å². The fourth-order valence-corrected chi connectivity index (χ4v) is 6.18. The number of nitrogens with two attached hydrogens (primary N) is 1. The first-order valence-corrected chi connectivity index (χ1v) is 11.0. The fourth-order valence-electron chi connectivity index (χ4n) is 4.70. The van der Waals surface area contributed by atoms with Crippen molar-refractivity contribution in [2.24, 2.45) is 11.8 Å². The van der Waals surface area contributed by atoms with Crippen LogP contribution in [-0.2, 0) is 14.4 Å². The number of carbonyl (C=O) groups is 3. The normalized spacial score (nSPS) is 30.9. The second-order valence-corrected chi connectivity index (χ2v) is 9.75. The number of carboxylic acids is 1. The highest BCUT2D eigenvalue weighted by Gasteiger charge is 2.61. The summed E-state index contributed by atoms with van der Waals surface area (Å²) in [5.74, 6) is -2.00. The number of β-lactam (4-membered cyclic amide) rings is 1. The Balaban J connectivity index is 1.53. The number of nitrogen functional groups attached to an aromatic ring is 1. The summed E-state index contributed by atoms with van der Waals surface area (Å²) in [7, 11) is 3.42. The third-order valence-corrected chi connectivity index (χ3v) is 7.75. The number of carbonyl (C=O) groups excluding carboxylic acids is 2. The zero-order valence-corrected chi connectivity index (χ0v) is 18.5. The van der Waals surface area contributed by atoms with E-state index >= 15 is 0 Å². The number of rotatable bonds is 6. The Labute approximate surface area is 183 Å². The van der Waals surface area contributed by atoms with Gasteiger partial charge >= 0.3 is 5.97 Å². The highest BCUT2D eigenvalue weighted by Crippen LogP contribution is 2.53. The Morgan fingerprint density at radius 3 is 2.68 bits per heavy atom. The van der Waals surface area contributed by atoms with Crippen molar-refractivity contribution < 1.29 is 19.5 Å². The minimum Gasteiger partial charge on any atom is -0.477 e. The maximum Gasteiger partial charge on any atom is 0.353 e. The number of fused-ring (bicyclic) bond motifs is 1. The summed E-state index contributed by atoms with van der Waals surface area (Å²) in [5.41, 5.74) is 5.59. The molecule has 1 aromatic heterocycles. The number of tetrazole rings is 1. The van der Waals surface area contributed by atoms with Gasteiger partial charge in [-0.3, -0.25) is 9.59 Å². The molecule has 4 N–H and O–H groups in total. The number of thioether (sulfide) groups is 1. The molecule has 0 saturated carbocycles. The lowest BCUT2D eigenvalue weighted by Crippen LogP contribution is -2.62. The highest BCUT2D eigenvalue weighted by atomic mass is 32.2. The fraction of sp³-hybridized carbons (Fsp3) is 0.667. The van der Waals surface area contributed by atoms with Crippen molar-refractivity contribution in [1.29, 1.82) is 0 Å². The van der Waals surface area contributed by atoms with E-state index in [-0.39, 0.29) is 46.7 Å². The molecule has 31 heavy (non-hydrogen) atoms. The molecule has 2 amide bonds. The zero-order valence-electron chi connectivity index (χ0n) is 17.7. The van der Waals surface area contributed by atoms with Crippen LogP contribution in [0.25, 0.3) is 0 Å². The lowest BCUT2D eigenvalue weighted by atomic mass is 9.78. The van der Waals surface area contributed by atoms with E-state index in [4.69, 9.17) is 5.73 Å². The highest BCUT2D eigenvalue weighted by molar-refractivity contribution is 8.03. The first kappa shape index (κ1) is 21.6. The quantitative estimate of drug-likeness (QED) is 0.465. The van der Waals surface area contributed by atoms with Crippen molar-refractivity contribution in [1.82, 2.24) is 35.3 Å². The van der Waals surface area contributed by atoms with Gasteiger partial charge in [-0.1, -0.05) is 12.0 Å². The lowest BCUT2D eigenvalue weighted by Gasteiger charge is -2.47. The van der Waals surface area contributed by atoms with Crippen LogP contribution in [0.2, 0.25) is 0 Å². The molecule has 0 aliphatic carbocycles. The van der Waals surface area contributed by atoms with Crippen LogP contribution in [0.4, 0.5) is 5.95 Å². The van der Waals surface area contributed by atoms with E-state index in [1.54, 1.807) is 25.9 Å². The molecule has 3 aliphatic heterocycles. The zero-order chi connectivity index (χ0) is 22.6. The molecule has 0 bridgehead atoms. The molecule has 4 rings (SSSR count). The number of hydrogen-bond donors (Lipinski definition) is 3. The third kappa shape index (κ3) is 3.45. The topological polar surface area (TPSA) is 160 Å². The van der Waals surface area contributed by atoms with E-state index in [0.717, 1.165) is 0 Å². The summed E-state index contributed by atoms with van der Waals surface area (Å²) in [5, 5.41) is 24.7. The van der Waals surface area contributed by atoms with Crippen molar-refractivity contribution in [3.05, 3.63) is 10.6 Å². The Morgan fingerprint density at radius 1 is 1.39 bits per heavy atom.